The van der Waals surface area contributed by atoms with E-state index < -0.39 is 0 Å². The third-order valence-electron chi connectivity index (χ3n) is 4.14. The highest BCUT2D eigenvalue weighted by atomic mass is 19.1. The molecule has 1 unspecified atom stereocenters. The number of primary amides is 1. The van der Waals surface area contributed by atoms with Crippen LogP contribution in [-0.4, -0.2) is 61.4 Å². The number of nitrogens with zero attached hydrogens (tertiary/aromatic N) is 2. The molecule has 1 fully saturated rings. The molecule has 1 aromatic carbocycles. The molecule has 2 rings (SSSR count). The van der Waals surface area contributed by atoms with Crippen LogP contribution in [0.2, 0.25) is 0 Å². The number of ether oxygens (including phenoxy) is 1. The van der Waals surface area contributed by atoms with Crippen LogP contribution in [0, 0.1) is 11.7 Å². The summed E-state index contributed by atoms with van der Waals surface area (Å²) in [6.07, 6.45) is 1.55. The van der Waals surface area contributed by atoms with Gasteiger partial charge in [0.05, 0.1) is 12.5 Å². The molecule has 1 aromatic rings. The monoisotopic (exact) mass is 337 g/mol. The second-order valence-corrected chi connectivity index (χ2v) is 6.12. The van der Waals surface area contributed by atoms with E-state index >= 15 is 0 Å². The number of carbonyl (C=O) groups is 2. The molecule has 1 atom stereocenters. The molecule has 1 heterocycles. The maximum Gasteiger partial charge on any atom is 0.236 e. The minimum atomic E-state index is -0.339. The highest BCUT2D eigenvalue weighted by Gasteiger charge is 2.27. The van der Waals surface area contributed by atoms with Gasteiger partial charge in [0.15, 0.2) is 0 Å². The number of likely N-dealkylation sites (tertiary alicyclic amines) is 1. The molecule has 132 valence electrons. The van der Waals surface area contributed by atoms with Gasteiger partial charge in [-0.1, -0.05) is 0 Å². The van der Waals surface area contributed by atoms with E-state index in [1.54, 1.807) is 17.0 Å². The summed E-state index contributed by atoms with van der Waals surface area (Å²) in [7, 11) is 1.83. The van der Waals surface area contributed by atoms with E-state index in [-0.39, 0.29) is 30.1 Å². The second-order valence-electron chi connectivity index (χ2n) is 6.12. The van der Waals surface area contributed by atoms with Crippen molar-refractivity contribution >= 4 is 11.8 Å². The molecule has 1 aliphatic rings. The van der Waals surface area contributed by atoms with Gasteiger partial charge in [-0.15, -0.1) is 0 Å². The van der Waals surface area contributed by atoms with Crippen molar-refractivity contribution in [3.05, 3.63) is 30.1 Å². The molecular formula is C17H24FN3O3. The lowest BCUT2D eigenvalue weighted by molar-refractivity contribution is -0.135. The van der Waals surface area contributed by atoms with Crippen LogP contribution in [0.3, 0.4) is 0 Å². The largest absolute Gasteiger partial charge is 0.492 e. The highest BCUT2D eigenvalue weighted by Crippen LogP contribution is 2.16. The van der Waals surface area contributed by atoms with Crippen molar-refractivity contribution in [2.45, 2.75) is 12.8 Å². The average molecular weight is 337 g/mol. The summed E-state index contributed by atoms with van der Waals surface area (Å²) in [5.74, 6) is -0.300. The summed E-state index contributed by atoms with van der Waals surface area (Å²) in [5, 5.41) is 0. The first-order valence-electron chi connectivity index (χ1n) is 8.09. The molecule has 7 heteroatoms. The number of likely N-dealkylation sites (N-methyl/N-ethyl adjacent to an activating group) is 1. The van der Waals surface area contributed by atoms with Crippen molar-refractivity contribution in [1.29, 1.82) is 0 Å². The maximum atomic E-state index is 12.8. The van der Waals surface area contributed by atoms with Crippen molar-refractivity contribution in [3.8, 4) is 5.75 Å². The fraction of sp³-hybridized carbons (Fsp3) is 0.529. The molecule has 0 aromatic heterocycles. The summed E-state index contributed by atoms with van der Waals surface area (Å²) in [6.45, 7) is 2.31. The Bertz CT molecular complexity index is 565. The van der Waals surface area contributed by atoms with E-state index in [1.165, 1.54) is 12.1 Å². The molecule has 0 aliphatic carbocycles. The first-order valence-corrected chi connectivity index (χ1v) is 8.09. The first-order chi connectivity index (χ1) is 11.5. The summed E-state index contributed by atoms with van der Waals surface area (Å²) < 4.78 is 18.3. The van der Waals surface area contributed by atoms with Gasteiger partial charge in [0.2, 0.25) is 11.8 Å². The van der Waals surface area contributed by atoms with Crippen molar-refractivity contribution < 1.29 is 18.7 Å². The van der Waals surface area contributed by atoms with E-state index in [4.69, 9.17) is 10.5 Å². The number of rotatable bonds is 7. The molecule has 2 amide bonds. The lowest BCUT2D eigenvalue weighted by Gasteiger charge is -2.32. The Morgan fingerprint density at radius 2 is 2.08 bits per heavy atom. The summed E-state index contributed by atoms with van der Waals surface area (Å²) in [6, 6.07) is 5.82. The normalized spacial score (nSPS) is 17.8. The van der Waals surface area contributed by atoms with Gasteiger partial charge in [0.25, 0.3) is 0 Å². The van der Waals surface area contributed by atoms with Crippen molar-refractivity contribution in [2.75, 3.05) is 39.8 Å². The van der Waals surface area contributed by atoms with Crippen LogP contribution in [-0.2, 0) is 9.59 Å². The smallest absolute Gasteiger partial charge is 0.236 e. The molecule has 0 spiro atoms. The third kappa shape index (κ3) is 5.49. The summed E-state index contributed by atoms with van der Waals surface area (Å²) in [5.41, 5.74) is 5.33. The number of benzene rings is 1. The summed E-state index contributed by atoms with van der Waals surface area (Å²) in [4.78, 5) is 27.1. The van der Waals surface area contributed by atoms with Gasteiger partial charge in [0.1, 0.15) is 18.2 Å². The van der Waals surface area contributed by atoms with Gasteiger partial charge in [-0.2, -0.15) is 0 Å². The molecule has 1 aliphatic heterocycles. The van der Waals surface area contributed by atoms with Gasteiger partial charge >= 0.3 is 0 Å². The lowest BCUT2D eigenvalue weighted by Crippen LogP contribution is -2.47. The van der Waals surface area contributed by atoms with Crippen LogP contribution >= 0.6 is 0 Å². The number of nitrogens with two attached hydrogens (primary N) is 1. The van der Waals surface area contributed by atoms with Crippen LogP contribution in [0.15, 0.2) is 24.3 Å². The Morgan fingerprint density at radius 3 is 2.75 bits per heavy atom. The molecule has 0 saturated carbocycles. The Balaban J connectivity index is 1.71. The van der Waals surface area contributed by atoms with Crippen molar-refractivity contribution in [3.63, 3.8) is 0 Å². The number of piperidine rings is 1. The maximum absolute atomic E-state index is 12.8. The molecule has 2 N–H and O–H groups in total. The van der Waals surface area contributed by atoms with E-state index in [0.29, 0.717) is 32.0 Å². The lowest BCUT2D eigenvalue weighted by atomic mass is 9.97. The minimum absolute atomic E-state index is 0.00904. The fourth-order valence-electron chi connectivity index (χ4n) is 2.70. The van der Waals surface area contributed by atoms with Gasteiger partial charge in [-0.05, 0) is 44.2 Å². The Morgan fingerprint density at radius 1 is 1.38 bits per heavy atom. The number of amides is 2. The van der Waals surface area contributed by atoms with Crippen LogP contribution in [0.1, 0.15) is 12.8 Å². The fourth-order valence-corrected chi connectivity index (χ4v) is 2.70. The van der Waals surface area contributed by atoms with Gasteiger partial charge < -0.3 is 15.4 Å². The van der Waals surface area contributed by atoms with Crippen LogP contribution in [0.4, 0.5) is 4.39 Å². The molecule has 0 radical (unpaired) electrons. The standard InChI is InChI=1S/C17H24FN3O3/c1-20(9-10-24-15-6-4-14(18)5-7-15)12-16(22)21-8-2-3-13(11-21)17(19)23/h4-7,13H,2-3,8-12H2,1H3,(H2,19,23). The molecular weight excluding hydrogens is 313 g/mol. The predicted molar refractivity (Wildman–Crippen MR) is 87.9 cm³/mol. The van der Waals surface area contributed by atoms with Crippen molar-refractivity contribution in [1.82, 2.24) is 9.80 Å². The number of hydrogen-bond donors (Lipinski definition) is 1. The molecule has 0 bridgehead atoms. The highest BCUT2D eigenvalue weighted by molar-refractivity contribution is 5.81. The van der Waals surface area contributed by atoms with Gasteiger partial charge in [-0.25, -0.2) is 4.39 Å². The van der Waals surface area contributed by atoms with E-state index in [0.717, 1.165) is 12.8 Å². The molecule has 24 heavy (non-hydrogen) atoms. The Kier molecular flexibility index (Phi) is 6.54. The van der Waals surface area contributed by atoms with Crippen LogP contribution < -0.4 is 10.5 Å². The molecule has 6 nitrogen and oxygen atoms in total. The van der Waals surface area contributed by atoms with E-state index in [2.05, 4.69) is 0 Å². The first kappa shape index (κ1) is 18.2. The van der Waals surface area contributed by atoms with Gasteiger partial charge in [-0.3, -0.25) is 14.5 Å². The van der Waals surface area contributed by atoms with Crippen LogP contribution in [0.5, 0.6) is 5.75 Å². The Labute approximate surface area is 141 Å². The van der Waals surface area contributed by atoms with Crippen LogP contribution in [0.25, 0.3) is 0 Å². The zero-order chi connectivity index (χ0) is 17.5. The summed E-state index contributed by atoms with van der Waals surface area (Å²) >= 11 is 0. The average Bonchev–Trinajstić information content (AvgIpc) is 2.56. The topological polar surface area (TPSA) is 75.9 Å². The Hall–Kier alpha value is -2.15. The number of halogens is 1. The number of hydrogen-bond acceptors (Lipinski definition) is 4. The predicted octanol–water partition coefficient (Wildman–Crippen LogP) is 0.860. The molecule has 1 saturated heterocycles. The minimum Gasteiger partial charge on any atom is -0.492 e. The van der Waals surface area contributed by atoms with Gasteiger partial charge in [0, 0.05) is 19.6 Å². The van der Waals surface area contributed by atoms with E-state index in [1.807, 2.05) is 11.9 Å². The second kappa shape index (κ2) is 8.63. The third-order valence-corrected chi connectivity index (χ3v) is 4.14. The SMILES string of the molecule is CN(CCOc1ccc(F)cc1)CC(=O)N1CCCC(C(N)=O)C1. The zero-order valence-corrected chi connectivity index (χ0v) is 13.9. The number of carbonyl (C=O) groups excluding carboxylic acids is 2. The zero-order valence-electron chi connectivity index (χ0n) is 13.9. The quantitative estimate of drug-likeness (QED) is 0.801. The van der Waals surface area contributed by atoms with Crippen molar-refractivity contribution in [2.24, 2.45) is 11.7 Å². The van der Waals surface area contributed by atoms with E-state index in [9.17, 15) is 14.0 Å².